The smallest absolute Gasteiger partial charge is 0.234 e. The molecule has 2 heterocycles. The number of carbonyl (C=O) groups is 1. The standard InChI is InChI=1S/C13H13NO/c1-8-7-11-9-5-3-4-6-10(9)12(8)13(15)14(11)2/h3-7,11-12H,1-2H3/t11-,12-/m0/s1. The number of rotatable bonds is 0. The monoisotopic (exact) mass is 199 g/mol. The van der Waals surface area contributed by atoms with Crippen molar-refractivity contribution in [3.05, 3.63) is 47.0 Å². The maximum absolute atomic E-state index is 12.0. The normalized spacial score (nSPS) is 27.7. The van der Waals surface area contributed by atoms with E-state index in [1.165, 1.54) is 16.7 Å². The Morgan fingerprint density at radius 2 is 1.87 bits per heavy atom. The first-order valence-corrected chi connectivity index (χ1v) is 5.24. The molecule has 15 heavy (non-hydrogen) atoms. The highest BCUT2D eigenvalue weighted by Gasteiger charge is 2.41. The molecule has 0 N–H and O–H groups in total. The maximum atomic E-state index is 12.0. The van der Waals surface area contributed by atoms with Crippen molar-refractivity contribution in [2.45, 2.75) is 18.9 Å². The van der Waals surface area contributed by atoms with Gasteiger partial charge in [0.05, 0.1) is 12.0 Å². The summed E-state index contributed by atoms with van der Waals surface area (Å²) in [4.78, 5) is 13.9. The second kappa shape index (κ2) is 2.72. The first kappa shape index (κ1) is 8.72. The van der Waals surface area contributed by atoms with E-state index in [0.717, 1.165) is 0 Å². The first-order chi connectivity index (χ1) is 7.20. The van der Waals surface area contributed by atoms with E-state index in [4.69, 9.17) is 0 Å². The Morgan fingerprint density at radius 3 is 2.60 bits per heavy atom. The predicted octanol–water partition coefficient (Wildman–Crippen LogP) is 2.24. The highest BCUT2D eigenvalue weighted by molar-refractivity contribution is 5.91. The molecule has 0 fully saturated rings. The molecule has 1 amide bonds. The van der Waals surface area contributed by atoms with Crippen LogP contribution >= 0.6 is 0 Å². The fourth-order valence-corrected chi connectivity index (χ4v) is 2.71. The van der Waals surface area contributed by atoms with Gasteiger partial charge in [0.2, 0.25) is 5.91 Å². The third kappa shape index (κ3) is 0.965. The number of benzene rings is 1. The van der Waals surface area contributed by atoms with E-state index in [1.807, 2.05) is 24.1 Å². The van der Waals surface area contributed by atoms with Crippen LogP contribution in [0.4, 0.5) is 0 Å². The van der Waals surface area contributed by atoms with Gasteiger partial charge in [0.15, 0.2) is 0 Å². The lowest BCUT2D eigenvalue weighted by Gasteiger charge is -2.42. The summed E-state index contributed by atoms with van der Waals surface area (Å²) in [6.45, 7) is 2.05. The van der Waals surface area contributed by atoms with Crippen molar-refractivity contribution in [1.82, 2.24) is 4.90 Å². The molecule has 2 bridgehead atoms. The summed E-state index contributed by atoms with van der Waals surface area (Å²) in [5.74, 6) is 0.204. The van der Waals surface area contributed by atoms with Crippen LogP contribution in [0.15, 0.2) is 35.9 Å². The van der Waals surface area contributed by atoms with Crippen LogP contribution in [0.5, 0.6) is 0 Å². The van der Waals surface area contributed by atoms with E-state index in [1.54, 1.807) is 0 Å². The van der Waals surface area contributed by atoms with Gasteiger partial charge in [-0.05, 0) is 18.1 Å². The van der Waals surface area contributed by atoms with Gasteiger partial charge in [0.1, 0.15) is 0 Å². The van der Waals surface area contributed by atoms with Crippen LogP contribution in [-0.2, 0) is 4.79 Å². The zero-order valence-electron chi connectivity index (χ0n) is 8.90. The van der Waals surface area contributed by atoms with E-state index < -0.39 is 0 Å². The van der Waals surface area contributed by atoms with E-state index >= 15 is 0 Å². The van der Waals surface area contributed by atoms with E-state index in [9.17, 15) is 4.79 Å². The zero-order valence-corrected chi connectivity index (χ0v) is 8.90. The number of hydrogen-bond acceptors (Lipinski definition) is 1. The van der Waals surface area contributed by atoms with E-state index in [0.29, 0.717) is 0 Å². The Hall–Kier alpha value is -1.57. The van der Waals surface area contributed by atoms with Crippen LogP contribution in [0.2, 0.25) is 0 Å². The molecule has 1 aromatic rings. The minimum Gasteiger partial charge on any atom is -0.334 e. The highest BCUT2D eigenvalue weighted by atomic mass is 16.2. The van der Waals surface area contributed by atoms with Gasteiger partial charge in [-0.3, -0.25) is 4.79 Å². The lowest BCUT2D eigenvalue weighted by molar-refractivity contribution is -0.133. The Morgan fingerprint density at radius 1 is 1.20 bits per heavy atom. The minimum absolute atomic E-state index is 0.0313. The van der Waals surface area contributed by atoms with Gasteiger partial charge in [0.25, 0.3) is 0 Å². The molecule has 2 aliphatic heterocycles. The molecule has 76 valence electrons. The largest absolute Gasteiger partial charge is 0.334 e. The molecule has 4 rings (SSSR count). The van der Waals surface area contributed by atoms with Gasteiger partial charge in [0, 0.05) is 7.05 Å². The quantitative estimate of drug-likeness (QED) is 0.587. The zero-order chi connectivity index (χ0) is 10.6. The molecule has 2 atom stereocenters. The molecule has 2 heteroatoms. The Labute approximate surface area is 89.2 Å². The summed E-state index contributed by atoms with van der Waals surface area (Å²) in [6, 6.07) is 8.41. The maximum Gasteiger partial charge on any atom is 0.234 e. The van der Waals surface area contributed by atoms with Crippen molar-refractivity contribution in [3.63, 3.8) is 0 Å². The predicted molar refractivity (Wildman–Crippen MR) is 58.5 cm³/mol. The van der Waals surface area contributed by atoms with Gasteiger partial charge in [-0.2, -0.15) is 0 Å². The number of likely N-dealkylation sites (N-methyl/N-ethyl adjacent to an activating group) is 1. The van der Waals surface area contributed by atoms with Crippen molar-refractivity contribution in [2.24, 2.45) is 0 Å². The van der Waals surface area contributed by atoms with Crippen LogP contribution in [0.1, 0.15) is 30.0 Å². The van der Waals surface area contributed by atoms with Gasteiger partial charge < -0.3 is 4.90 Å². The van der Waals surface area contributed by atoms with E-state index in [-0.39, 0.29) is 17.9 Å². The number of hydrogen-bond donors (Lipinski definition) is 0. The third-order valence-electron chi connectivity index (χ3n) is 3.51. The minimum atomic E-state index is -0.0313. The van der Waals surface area contributed by atoms with Crippen molar-refractivity contribution in [1.29, 1.82) is 0 Å². The van der Waals surface area contributed by atoms with Crippen molar-refractivity contribution in [3.8, 4) is 0 Å². The lowest BCUT2D eigenvalue weighted by atomic mass is 9.75. The molecule has 0 aromatic heterocycles. The molecule has 0 saturated carbocycles. The van der Waals surface area contributed by atoms with Gasteiger partial charge in [-0.1, -0.05) is 35.9 Å². The number of nitrogens with zero attached hydrogens (tertiary/aromatic N) is 1. The van der Waals surface area contributed by atoms with Crippen molar-refractivity contribution < 1.29 is 4.79 Å². The summed E-state index contributed by atoms with van der Waals surface area (Å²) < 4.78 is 0. The molecule has 0 spiro atoms. The van der Waals surface area contributed by atoms with Crippen LogP contribution < -0.4 is 0 Å². The number of fused-ring (bicyclic) bond motifs is 1. The molecule has 1 aliphatic carbocycles. The SMILES string of the molecule is CC1=C[C@H]2c3ccccc3[C@H]1C(=O)N2C. The average molecular weight is 199 g/mol. The summed E-state index contributed by atoms with van der Waals surface area (Å²) in [5.41, 5.74) is 3.68. The molecular weight excluding hydrogens is 186 g/mol. The molecule has 3 aliphatic rings. The van der Waals surface area contributed by atoms with Crippen LogP contribution in [0, 0.1) is 0 Å². The summed E-state index contributed by atoms with van der Waals surface area (Å²) in [7, 11) is 1.89. The van der Waals surface area contributed by atoms with Crippen molar-refractivity contribution in [2.75, 3.05) is 7.05 Å². The molecule has 0 unspecified atom stereocenters. The Bertz CT molecular complexity index is 475. The summed E-state index contributed by atoms with van der Waals surface area (Å²) >= 11 is 0. The van der Waals surface area contributed by atoms with Gasteiger partial charge in [-0.25, -0.2) is 0 Å². The fourth-order valence-electron chi connectivity index (χ4n) is 2.71. The first-order valence-electron chi connectivity index (χ1n) is 5.24. The molecule has 1 aromatic carbocycles. The van der Waals surface area contributed by atoms with Gasteiger partial charge >= 0.3 is 0 Å². The molecule has 2 nitrogen and oxygen atoms in total. The number of amides is 1. The van der Waals surface area contributed by atoms with Crippen LogP contribution in [0.3, 0.4) is 0 Å². The van der Waals surface area contributed by atoms with Gasteiger partial charge in [-0.15, -0.1) is 0 Å². The van der Waals surface area contributed by atoms with Crippen LogP contribution in [-0.4, -0.2) is 17.9 Å². The average Bonchev–Trinajstić information content (AvgIpc) is 2.24. The molecular formula is C13H13NO. The fraction of sp³-hybridized carbons (Fsp3) is 0.308. The summed E-state index contributed by atoms with van der Waals surface area (Å²) in [5, 5.41) is 0. The second-order valence-corrected chi connectivity index (χ2v) is 4.37. The van der Waals surface area contributed by atoms with Crippen LogP contribution in [0.25, 0.3) is 0 Å². The molecule has 0 radical (unpaired) electrons. The topological polar surface area (TPSA) is 20.3 Å². The molecule has 0 saturated heterocycles. The Kier molecular flexibility index (Phi) is 1.58. The second-order valence-electron chi connectivity index (χ2n) is 4.37. The Balaban J connectivity index is 2.28. The number of carbonyl (C=O) groups excluding carboxylic acids is 1. The highest BCUT2D eigenvalue weighted by Crippen LogP contribution is 2.45. The van der Waals surface area contributed by atoms with E-state index in [2.05, 4.69) is 25.1 Å². The third-order valence-corrected chi connectivity index (χ3v) is 3.51. The van der Waals surface area contributed by atoms with Crippen molar-refractivity contribution >= 4 is 5.91 Å². The summed E-state index contributed by atoms with van der Waals surface area (Å²) in [6.07, 6.45) is 2.20. The lowest BCUT2D eigenvalue weighted by Crippen LogP contribution is -2.43.